The molecule has 0 aliphatic carbocycles. The van der Waals surface area contributed by atoms with E-state index in [9.17, 15) is 4.79 Å². The molecule has 0 bridgehead atoms. The molecule has 1 heterocycles. The lowest BCUT2D eigenvalue weighted by Crippen LogP contribution is -2.20. The molecule has 30 heavy (non-hydrogen) atoms. The van der Waals surface area contributed by atoms with Crippen LogP contribution in [0, 0.1) is 6.92 Å². The van der Waals surface area contributed by atoms with Crippen LogP contribution in [0.2, 0.25) is 15.1 Å². The number of nitrogens with one attached hydrogen (secondary N) is 1. The number of nitrogens with zero attached hydrogens (tertiary/aromatic N) is 3. The molecule has 0 atom stereocenters. The molecule has 4 aromatic rings. The number of benzene rings is 3. The summed E-state index contributed by atoms with van der Waals surface area (Å²) in [5, 5.41) is 12.8. The van der Waals surface area contributed by atoms with Crippen molar-refractivity contribution in [1.82, 2.24) is 15.0 Å². The number of anilines is 1. The van der Waals surface area contributed by atoms with Crippen LogP contribution in [-0.4, -0.2) is 27.5 Å². The van der Waals surface area contributed by atoms with Crippen molar-refractivity contribution in [2.24, 2.45) is 0 Å². The molecule has 0 saturated carbocycles. The summed E-state index contributed by atoms with van der Waals surface area (Å²) in [5.74, 6) is 0.0145. The van der Waals surface area contributed by atoms with Crippen molar-refractivity contribution in [3.05, 3.63) is 75.2 Å². The van der Waals surface area contributed by atoms with Gasteiger partial charge in [0.05, 0.1) is 21.4 Å². The van der Waals surface area contributed by atoms with E-state index in [0.717, 1.165) is 11.3 Å². The second-order valence-electron chi connectivity index (χ2n) is 6.52. The monoisotopic (exact) mass is 460 g/mol. The number of rotatable bonds is 5. The summed E-state index contributed by atoms with van der Waals surface area (Å²) in [6.07, 6.45) is 0. The van der Waals surface area contributed by atoms with Gasteiger partial charge in [0.15, 0.2) is 6.61 Å². The third-order valence-corrected chi connectivity index (χ3v) is 5.08. The maximum Gasteiger partial charge on any atom is 0.262 e. The van der Waals surface area contributed by atoms with Gasteiger partial charge in [-0.15, -0.1) is 10.2 Å². The molecule has 152 valence electrons. The highest BCUT2D eigenvalue weighted by Crippen LogP contribution is 2.32. The fourth-order valence-electron chi connectivity index (χ4n) is 2.91. The van der Waals surface area contributed by atoms with Crippen LogP contribution >= 0.6 is 34.8 Å². The van der Waals surface area contributed by atoms with Crippen LogP contribution in [0.25, 0.3) is 16.7 Å². The van der Waals surface area contributed by atoms with E-state index in [0.29, 0.717) is 37.5 Å². The highest BCUT2D eigenvalue weighted by Gasteiger charge is 2.14. The van der Waals surface area contributed by atoms with Gasteiger partial charge in [-0.25, -0.2) is 0 Å². The first kappa shape index (κ1) is 20.5. The Hall–Kier alpha value is -2.80. The zero-order chi connectivity index (χ0) is 21.3. The Balaban J connectivity index is 1.51. The quantitative estimate of drug-likeness (QED) is 0.413. The summed E-state index contributed by atoms with van der Waals surface area (Å²) < 4.78 is 5.57. The van der Waals surface area contributed by atoms with Gasteiger partial charge >= 0.3 is 0 Å². The molecule has 6 nitrogen and oxygen atoms in total. The van der Waals surface area contributed by atoms with Gasteiger partial charge in [-0.3, -0.25) is 4.79 Å². The molecular weight excluding hydrogens is 447 g/mol. The van der Waals surface area contributed by atoms with Crippen LogP contribution in [0.1, 0.15) is 5.56 Å². The van der Waals surface area contributed by atoms with Crippen molar-refractivity contribution >= 4 is 57.4 Å². The topological polar surface area (TPSA) is 69.0 Å². The number of hydrogen-bond donors (Lipinski definition) is 1. The van der Waals surface area contributed by atoms with Gasteiger partial charge in [-0.2, -0.15) is 4.80 Å². The predicted octanol–water partition coefficient (Wildman–Crippen LogP) is 5.71. The highest BCUT2D eigenvalue weighted by atomic mass is 35.5. The number of carbonyl (C=O) groups is 1. The zero-order valence-corrected chi connectivity index (χ0v) is 18.0. The molecule has 0 saturated heterocycles. The number of aryl methyl sites for hydroxylation is 1. The predicted molar refractivity (Wildman–Crippen MR) is 119 cm³/mol. The van der Waals surface area contributed by atoms with E-state index in [1.807, 2.05) is 30.3 Å². The summed E-state index contributed by atoms with van der Waals surface area (Å²) in [6, 6.07) is 16.1. The Morgan fingerprint density at radius 3 is 2.40 bits per heavy atom. The average Bonchev–Trinajstić information content (AvgIpc) is 3.11. The SMILES string of the molecule is Cc1cc(Cl)cc(Cl)c1OCC(=O)Nc1cc2nn(-c3ccccc3)nc2cc1Cl. The van der Waals surface area contributed by atoms with Gasteiger partial charge in [0.25, 0.3) is 5.91 Å². The molecule has 0 fully saturated rings. The standard InChI is InChI=1S/C21H15Cl3N4O2/c1-12-7-13(22)8-16(24)21(12)30-11-20(29)25-17-10-19-18(9-15(17)23)26-28(27-19)14-5-3-2-4-6-14/h2-10H,11H2,1H3,(H,25,29). The molecule has 0 radical (unpaired) electrons. The third-order valence-electron chi connectivity index (χ3n) is 4.27. The lowest BCUT2D eigenvalue weighted by atomic mass is 10.2. The van der Waals surface area contributed by atoms with Crippen molar-refractivity contribution in [2.45, 2.75) is 6.92 Å². The fourth-order valence-corrected chi connectivity index (χ4v) is 3.76. The van der Waals surface area contributed by atoms with Crippen molar-refractivity contribution in [3.63, 3.8) is 0 Å². The molecule has 0 spiro atoms. The molecule has 1 aromatic heterocycles. The largest absolute Gasteiger partial charge is 0.482 e. The summed E-state index contributed by atoms with van der Waals surface area (Å²) in [5.41, 5.74) is 3.17. The maximum atomic E-state index is 12.4. The number of para-hydroxylation sites is 1. The molecule has 0 aliphatic heterocycles. The Kier molecular flexibility index (Phi) is 5.81. The molecule has 4 rings (SSSR count). The smallest absolute Gasteiger partial charge is 0.262 e. The van der Waals surface area contributed by atoms with E-state index in [-0.39, 0.29) is 6.61 Å². The Labute approximate surface area is 187 Å². The summed E-state index contributed by atoms with van der Waals surface area (Å²) in [7, 11) is 0. The van der Waals surface area contributed by atoms with Gasteiger partial charge < -0.3 is 10.1 Å². The number of carbonyl (C=O) groups excluding carboxylic acids is 1. The minimum Gasteiger partial charge on any atom is -0.482 e. The van der Waals surface area contributed by atoms with Crippen LogP contribution in [0.4, 0.5) is 5.69 Å². The van der Waals surface area contributed by atoms with E-state index in [1.54, 1.807) is 31.2 Å². The Bertz CT molecular complexity index is 1220. The number of fused-ring (bicyclic) bond motifs is 1. The van der Waals surface area contributed by atoms with Crippen molar-refractivity contribution in [2.75, 3.05) is 11.9 Å². The third kappa shape index (κ3) is 4.36. The normalized spacial score (nSPS) is 10.9. The van der Waals surface area contributed by atoms with E-state index in [2.05, 4.69) is 15.5 Å². The van der Waals surface area contributed by atoms with Gasteiger partial charge in [-0.05, 0) is 48.9 Å². The van der Waals surface area contributed by atoms with Crippen LogP contribution in [0.5, 0.6) is 5.75 Å². The lowest BCUT2D eigenvalue weighted by Gasteiger charge is -2.12. The minimum absolute atomic E-state index is 0.243. The summed E-state index contributed by atoms with van der Waals surface area (Å²) in [6.45, 7) is 1.55. The molecule has 1 amide bonds. The molecular formula is C21H15Cl3N4O2. The van der Waals surface area contributed by atoms with E-state index in [4.69, 9.17) is 39.5 Å². The maximum absolute atomic E-state index is 12.4. The summed E-state index contributed by atoms with van der Waals surface area (Å²) in [4.78, 5) is 13.9. The molecule has 1 N–H and O–H groups in total. The van der Waals surface area contributed by atoms with Crippen LogP contribution < -0.4 is 10.1 Å². The van der Waals surface area contributed by atoms with Crippen LogP contribution in [-0.2, 0) is 4.79 Å². The van der Waals surface area contributed by atoms with Gasteiger partial charge in [0, 0.05) is 5.02 Å². The molecule has 0 aliphatic rings. The minimum atomic E-state index is -0.392. The van der Waals surface area contributed by atoms with Gasteiger partial charge in [-0.1, -0.05) is 53.0 Å². The number of aromatic nitrogens is 3. The van der Waals surface area contributed by atoms with E-state index < -0.39 is 5.91 Å². The van der Waals surface area contributed by atoms with E-state index >= 15 is 0 Å². The van der Waals surface area contributed by atoms with Gasteiger partial charge in [0.1, 0.15) is 16.8 Å². The van der Waals surface area contributed by atoms with E-state index in [1.165, 1.54) is 4.80 Å². The second-order valence-corrected chi connectivity index (χ2v) is 7.77. The van der Waals surface area contributed by atoms with Crippen LogP contribution in [0.3, 0.4) is 0 Å². The number of hydrogen-bond acceptors (Lipinski definition) is 4. The summed E-state index contributed by atoms with van der Waals surface area (Å²) >= 11 is 18.4. The molecule has 9 heteroatoms. The fraction of sp³-hybridized carbons (Fsp3) is 0.0952. The van der Waals surface area contributed by atoms with Gasteiger partial charge in [0.2, 0.25) is 0 Å². The number of ether oxygens (including phenoxy) is 1. The molecule has 0 unspecified atom stereocenters. The number of amides is 1. The van der Waals surface area contributed by atoms with Crippen LogP contribution in [0.15, 0.2) is 54.6 Å². The average molecular weight is 462 g/mol. The molecule has 3 aromatic carbocycles. The Morgan fingerprint density at radius 2 is 1.70 bits per heavy atom. The first-order chi connectivity index (χ1) is 14.4. The van der Waals surface area contributed by atoms with Crippen molar-refractivity contribution in [1.29, 1.82) is 0 Å². The number of halogens is 3. The first-order valence-electron chi connectivity index (χ1n) is 8.91. The first-order valence-corrected chi connectivity index (χ1v) is 10.0. The Morgan fingerprint density at radius 1 is 1.00 bits per heavy atom. The van der Waals surface area contributed by atoms with Crippen molar-refractivity contribution < 1.29 is 9.53 Å². The lowest BCUT2D eigenvalue weighted by molar-refractivity contribution is -0.118. The second kappa shape index (κ2) is 8.52. The highest BCUT2D eigenvalue weighted by molar-refractivity contribution is 6.36. The zero-order valence-electron chi connectivity index (χ0n) is 15.7. The van der Waals surface area contributed by atoms with Crippen molar-refractivity contribution in [3.8, 4) is 11.4 Å².